The van der Waals surface area contributed by atoms with Gasteiger partial charge in [0, 0.05) is 5.02 Å². The molecular weight excluding hydrogens is 230 g/mol. The maximum absolute atomic E-state index is 11.1. The minimum atomic E-state index is -0.379. The third-order valence-electron chi connectivity index (χ3n) is 1.70. The third-order valence-corrected chi connectivity index (χ3v) is 1.93. The summed E-state index contributed by atoms with van der Waals surface area (Å²) in [5, 5.41) is 11.1. The monoisotopic (exact) mass is 239 g/mol. The third kappa shape index (κ3) is 3.67. The van der Waals surface area contributed by atoms with Gasteiger partial charge in [-0.15, -0.1) is 0 Å². The lowest BCUT2D eigenvalue weighted by Crippen LogP contribution is -2.29. The van der Waals surface area contributed by atoms with E-state index >= 15 is 0 Å². The van der Waals surface area contributed by atoms with E-state index in [9.17, 15) is 4.79 Å². The highest BCUT2D eigenvalue weighted by Crippen LogP contribution is 2.24. The number of nitriles is 1. The molecule has 0 saturated heterocycles. The number of hydrogen-bond donors (Lipinski definition) is 2. The SMILES string of the molecule is N#CCNC(=O)COc1ccc(Cl)cc1N. The van der Waals surface area contributed by atoms with E-state index in [1.165, 1.54) is 6.07 Å². The summed E-state index contributed by atoms with van der Waals surface area (Å²) in [6.45, 7) is -0.230. The van der Waals surface area contributed by atoms with E-state index in [0.717, 1.165) is 0 Å². The zero-order valence-corrected chi connectivity index (χ0v) is 9.12. The zero-order valence-electron chi connectivity index (χ0n) is 8.37. The molecule has 0 radical (unpaired) electrons. The molecule has 84 valence electrons. The van der Waals surface area contributed by atoms with Gasteiger partial charge in [-0.25, -0.2) is 0 Å². The van der Waals surface area contributed by atoms with Crippen molar-refractivity contribution in [1.29, 1.82) is 5.26 Å². The number of carbonyl (C=O) groups is 1. The van der Waals surface area contributed by atoms with Gasteiger partial charge in [-0.1, -0.05) is 11.6 Å². The van der Waals surface area contributed by atoms with E-state index in [0.29, 0.717) is 16.5 Å². The molecular formula is C10H10ClN3O2. The van der Waals surface area contributed by atoms with E-state index < -0.39 is 0 Å². The number of ether oxygens (including phenoxy) is 1. The highest BCUT2D eigenvalue weighted by Gasteiger charge is 2.04. The van der Waals surface area contributed by atoms with Gasteiger partial charge < -0.3 is 15.8 Å². The Morgan fingerprint density at radius 3 is 3.00 bits per heavy atom. The zero-order chi connectivity index (χ0) is 12.0. The topological polar surface area (TPSA) is 88.1 Å². The van der Waals surface area contributed by atoms with Crippen LogP contribution >= 0.6 is 11.6 Å². The van der Waals surface area contributed by atoms with Crippen LogP contribution in [-0.4, -0.2) is 19.1 Å². The van der Waals surface area contributed by atoms with Crippen LogP contribution in [0.5, 0.6) is 5.75 Å². The van der Waals surface area contributed by atoms with Crippen molar-refractivity contribution in [1.82, 2.24) is 5.32 Å². The lowest BCUT2D eigenvalue weighted by atomic mass is 10.3. The molecule has 0 saturated carbocycles. The van der Waals surface area contributed by atoms with Crippen molar-refractivity contribution in [2.45, 2.75) is 0 Å². The molecule has 0 unspecified atom stereocenters. The van der Waals surface area contributed by atoms with Crippen LogP contribution in [-0.2, 0) is 4.79 Å². The molecule has 0 atom stereocenters. The second kappa shape index (κ2) is 5.83. The van der Waals surface area contributed by atoms with E-state index in [1.807, 2.05) is 0 Å². The van der Waals surface area contributed by atoms with Crippen molar-refractivity contribution < 1.29 is 9.53 Å². The Balaban J connectivity index is 2.49. The van der Waals surface area contributed by atoms with Gasteiger partial charge in [0.1, 0.15) is 12.3 Å². The highest BCUT2D eigenvalue weighted by molar-refractivity contribution is 6.30. The molecule has 0 aromatic heterocycles. The standard InChI is InChI=1S/C10H10ClN3O2/c11-7-1-2-9(8(13)5-7)16-6-10(15)14-4-3-12/h1-2,5H,4,6,13H2,(H,14,15). The van der Waals surface area contributed by atoms with Crippen molar-refractivity contribution in [3.8, 4) is 11.8 Å². The maximum Gasteiger partial charge on any atom is 0.258 e. The quantitative estimate of drug-likeness (QED) is 0.605. The summed E-state index contributed by atoms with van der Waals surface area (Å²) in [4.78, 5) is 11.1. The molecule has 0 aliphatic heterocycles. The molecule has 1 amide bonds. The number of carbonyl (C=O) groups excluding carboxylic acids is 1. The molecule has 3 N–H and O–H groups in total. The fraction of sp³-hybridized carbons (Fsp3) is 0.200. The van der Waals surface area contributed by atoms with Gasteiger partial charge in [0.05, 0.1) is 11.8 Å². The number of benzene rings is 1. The first-order valence-electron chi connectivity index (χ1n) is 4.45. The Bertz CT molecular complexity index is 429. The normalized spacial score (nSPS) is 9.25. The van der Waals surface area contributed by atoms with Gasteiger partial charge in [0.15, 0.2) is 6.61 Å². The lowest BCUT2D eigenvalue weighted by molar-refractivity contribution is -0.122. The first-order valence-corrected chi connectivity index (χ1v) is 4.82. The van der Waals surface area contributed by atoms with Gasteiger partial charge in [-0.2, -0.15) is 5.26 Å². The van der Waals surface area contributed by atoms with Gasteiger partial charge in [0.25, 0.3) is 5.91 Å². The van der Waals surface area contributed by atoms with Crippen molar-refractivity contribution in [3.05, 3.63) is 23.2 Å². The number of rotatable bonds is 4. The van der Waals surface area contributed by atoms with E-state index in [1.54, 1.807) is 18.2 Å². The number of hydrogen-bond acceptors (Lipinski definition) is 4. The molecule has 16 heavy (non-hydrogen) atoms. The summed E-state index contributed by atoms with van der Waals surface area (Å²) in [6, 6.07) is 6.51. The molecule has 0 spiro atoms. The summed E-state index contributed by atoms with van der Waals surface area (Å²) in [7, 11) is 0. The molecule has 1 aromatic rings. The summed E-state index contributed by atoms with van der Waals surface area (Å²) < 4.78 is 5.15. The predicted molar refractivity (Wildman–Crippen MR) is 60.0 cm³/mol. The van der Waals surface area contributed by atoms with Gasteiger partial charge in [-0.3, -0.25) is 4.79 Å². The summed E-state index contributed by atoms with van der Waals surface area (Å²) >= 11 is 5.70. The van der Waals surface area contributed by atoms with E-state index in [4.69, 9.17) is 27.3 Å². The minimum Gasteiger partial charge on any atom is -0.482 e. The molecule has 5 nitrogen and oxygen atoms in total. The van der Waals surface area contributed by atoms with Crippen molar-refractivity contribution in [3.63, 3.8) is 0 Å². The van der Waals surface area contributed by atoms with Crippen LogP contribution in [0.4, 0.5) is 5.69 Å². The first-order chi connectivity index (χ1) is 7.63. The van der Waals surface area contributed by atoms with Crippen LogP contribution in [0.2, 0.25) is 5.02 Å². The molecule has 1 rings (SSSR count). The average molecular weight is 240 g/mol. The largest absolute Gasteiger partial charge is 0.482 e. The predicted octanol–water partition coefficient (Wildman–Crippen LogP) is 0.941. The van der Waals surface area contributed by atoms with Crippen molar-refractivity contribution >= 4 is 23.2 Å². The number of amides is 1. The smallest absolute Gasteiger partial charge is 0.258 e. The van der Waals surface area contributed by atoms with Crippen LogP contribution in [0.3, 0.4) is 0 Å². The van der Waals surface area contributed by atoms with Crippen molar-refractivity contribution in [2.75, 3.05) is 18.9 Å². The molecule has 0 aliphatic carbocycles. The van der Waals surface area contributed by atoms with Crippen LogP contribution in [0.25, 0.3) is 0 Å². The Labute approximate surface area is 97.8 Å². The summed E-state index contributed by atoms with van der Waals surface area (Å²) in [5.41, 5.74) is 5.98. The number of nitrogens with zero attached hydrogens (tertiary/aromatic N) is 1. The number of nitrogen functional groups attached to an aromatic ring is 1. The Kier molecular flexibility index (Phi) is 4.42. The average Bonchev–Trinajstić information content (AvgIpc) is 2.25. The van der Waals surface area contributed by atoms with Crippen LogP contribution < -0.4 is 15.8 Å². The molecule has 0 heterocycles. The Hall–Kier alpha value is -1.93. The number of nitrogens with one attached hydrogen (secondary N) is 1. The Morgan fingerprint density at radius 2 is 2.38 bits per heavy atom. The fourth-order valence-electron chi connectivity index (χ4n) is 0.983. The van der Waals surface area contributed by atoms with E-state index in [-0.39, 0.29) is 19.1 Å². The second-order valence-corrected chi connectivity index (χ2v) is 3.34. The first kappa shape index (κ1) is 12.1. The maximum atomic E-state index is 11.1. The minimum absolute atomic E-state index is 0.0434. The van der Waals surface area contributed by atoms with Gasteiger partial charge >= 0.3 is 0 Å². The van der Waals surface area contributed by atoms with E-state index in [2.05, 4.69) is 5.32 Å². The lowest BCUT2D eigenvalue weighted by Gasteiger charge is -2.08. The molecule has 0 aliphatic rings. The molecule has 0 fully saturated rings. The second-order valence-electron chi connectivity index (χ2n) is 2.91. The van der Waals surface area contributed by atoms with Crippen LogP contribution in [0, 0.1) is 11.3 Å². The summed E-state index contributed by atoms with van der Waals surface area (Å²) in [6.07, 6.45) is 0. The van der Waals surface area contributed by atoms with Crippen LogP contribution in [0.15, 0.2) is 18.2 Å². The summed E-state index contributed by atoms with van der Waals surface area (Å²) in [5.74, 6) is 0.00686. The van der Waals surface area contributed by atoms with Crippen LogP contribution in [0.1, 0.15) is 0 Å². The molecule has 1 aromatic carbocycles. The number of anilines is 1. The highest BCUT2D eigenvalue weighted by atomic mass is 35.5. The molecule has 0 bridgehead atoms. The van der Waals surface area contributed by atoms with Gasteiger partial charge in [-0.05, 0) is 18.2 Å². The molecule has 6 heteroatoms. The van der Waals surface area contributed by atoms with Gasteiger partial charge in [0.2, 0.25) is 0 Å². The van der Waals surface area contributed by atoms with Crippen molar-refractivity contribution in [2.24, 2.45) is 0 Å². The Morgan fingerprint density at radius 1 is 1.62 bits per heavy atom. The number of nitrogens with two attached hydrogens (primary N) is 1. The fourth-order valence-corrected chi connectivity index (χ4v) is 1.16. The number of halogens is 1.